The van der Waals surface area contributed by atoms with E-state index in [1.54, 1.807) is 0 Å². The SMILES string of the molecule is CC1(C)OCC([C@H]2O[C@@H]3OC(C)(C)O[C@@H]3[C@]2(C)CO)O1. The summed E-state index contributed by atoms with van der Waals surface area (Å²) >= 11 is 0. The van der Waals surface area contributed by atoms with Gasteiger partial charge in [-0.05, 0) is 27.7 Å². The van der Waals surface area contributed by atoms with E-state index >= 15 is 0 Å². The molecule has 0 aromatic heterocycles. The number of hydrogen-bond donors (Lipinski definition) is 1. The number of rotatable bonds is 2. The van der Waals surface area contributed by atoms with E-state index in [1.165, 1.54) is 0 Å². The first-order valence-corrected chi connectivity index (χ1v) is 7.11. The third-order valence-corrected chi connectivity index (χ3v) is 4.35. The molecule has 0 radical (unpaired) electrons. The summed E-state index contributed by atoms with van der Waals surface area (Å²) in [6, 6.07) is 0. The van der Waals surface area contributed by atoms with Crippen LogP contribution < -0.4 is 0 Å². The summed E-state index contributed by atoms with van der Waals surface area (Å²) < 4.78 is 29.1. The zero-order valence-corrected chi connectivity index (χ0v) is 12.7. The van der Waals surface area contributed by atoms with Crippen LogP contribution in [-0.2, 0) is 23.7 Å². The van der Waals surface area contributed by atoms with Crippen LogP contribution in [0.15, 0.2) is 0 Å². The summed E-state index contributed by atoms with van der Waals surface area (Å²) in [5, 5.41) is 9.89. The van der Waals surface area contributed by atoms with E-state index in [9.17, 15) is 5.11 Å². The predicted octanol–water partition coefficient (Wildman–Crippen LogP) is 1.01. The fourth-order valence-corrected chi connectivity index (χ4v) is 3.29. The summed E-state index contributed by atoms with van der Waals surface area (Å²) in [4.78, 5) is 0. The van der Waals surface area contributed by atoms with Gasteiger partial charge in [0.25, 0.3) is 0 Å². The average Bonchev–Trinajstić information content (AvgIpc) is 2.91. The average molecular weight is 288 g/mol. The van der Waals surface area contributed by atoms with Gasteiger partial charge in [-0.15, -0.1) is 0 Å². The number of ether oxygens (including phenoxy) is 5. The van der Waals surface area contributed by atoms with Gasteiger partial charge < -0.3 is 28.8 Å². The molecule has 116 valence electrons. The molecular formula is C14H24O6. The Balaban J connectivity index is 1.81. The van der Waals surface area contributed by atoms with Gasteiger partial charge in [-0.1, -0.05) is 6.92 Å². The monoisotopic (exact) mass is 288 g/mol. The lowest BCUT2D eigenvalue weighted by Gasteiger charge is -2.35. The fourth-order valence-electron chi connectivity index (χ4n) is 3.29. The van der Waals surface area contributed by atoms with Gasteiger partial charge in [0.15, 0.2) is 17.9 Å². The highest BCUT2D eigenvalue weighted by Gasteiger charge is 2.64. The standard InChI is InChI=1S/C14H24O6/c1-12(2)16-6-8(18-12)9-14(5,7-15)10-11(17-9)20-13(3,4)19-10/h8-11,15H,6-7H2,1-5H3/t8?,9-,10+,11-,14-/m1/s1. The smallest absolute Gasteiger partial charge is 0.188 e. The van der Waals surface area contributed by atoms with E-state index in [-0.39, 0.29) is 24.9 Å². The van der Waals surface area contributed by atoms with Gasteiger partial charge in [0, 0.05) is 0 Å². The molecule has 3 heterocycles. The van der Waals surface area contributed by atoms with Crippen molar-refractivity contribution in [2.45, 2.75) is 70.8 Å². The molecule has 0 aromatic carbocycles. The normalized spacial score (nSPS) is 49.5. The van der Waals surface area contributed by atoms with Crippen molar-refractivity contribution in [3.63, 3.8) is 0 Å². The summed E-state index contributed by atoms with van der Waals surface area (Å²) in [6.45, 7) is 9.76. The molecule has 3 rings (SSSR count). The molecule has 3 aliphatic heterocycles. The van der Waals surface area contributed by atoms with Gasteiger partial charge in [-0.2, -0.15) is 0 Å². The third kappa shape index (κ3) is 2.19. The summed E-state index contributed by atoms with van der Waals surface area (Å²) in [5.74, 6) is -1.31. The Hall–Kier alpha value is -0.240. The molecule has 3 aliphatic rings. The Morgan fingerprint density at radius 1 is 0.950 bits per heavy atom. The van der Waals surface area contributed by atoms with Crippen LogP contribution in [0, 0.1) is 5.41 Å². The molecule has 0 bridgehead atoms. The van der Waals surface area contributed by atoms with Crippen molar-refractivity contribution in [3.8, 4) is 0 Å². The topological polar surface area (TPSA) is 66.4 Å². The number of hydrogen-bond acceptors (Lipinski definition) is 6. The van der Waals surface area contributed by atoms with Crippen molar-refractivity contribution in [3.05, 3.63) is 0 Å². The van der Waals surface area contributed by atoms with Crippen LogP contribution in [0.25, 0.3) is 0 Å². The van der Waals surface area contributed by atoms with Crippen molar-refractivity contribution in [1.82, 2.24) is 0 Å². The summed E-state index contributed by atoms with van der Waals surface area (Å²) in [6.07, 6.45) is -1.33. The zero-order chi connectivity index (χ0) is 14.8. The molecule has 1 N–H and O–H groups in total. The Labute approximate surface area is 119 Å². The molecule has 0 amide bonds. The van der Waals surface area contributed by atoms with Crippen LogP contribution in [-0.4, -0.2) is 54.5 Å². The van der Waals surface area contributed by atoms with E-state index in [0.29, 0.717) is 6.61 Å². The second-order valence-corrected chi connectivity index (χ2v) is 7.01. The molecule has 0 aromatic rings. The molecule has 6 heteroatoms. The minimum atomic E-state index is -0.691. The molecule has 0 aliphatic carbocycles. The van der Waals surface area contributed by atoms with Crippen LogP contribution in [0.5, 0.6) is 0 Å². The summed E-state index contributed by atoms with van der Waals surface area (Å²) in [5.41, 5.74) is -0.577. The maximum atomic E-state index is 9.89. The molecule has 20 heavy (non-hydrogen) atoms. The van der Waals surface area contributed by atoms with Crippen LogP contribution in [0.1, 0.15) is 34.6 Å². The highest BCUT2D eigenvalue weighted by molar-refractivity contribution is 5.04. The quantitative estimate of drug-likeness (QED) is 0.818. The van der Waals surface area contributed by atoms with Crippen molar-refractivity contribution >= 4 is 0 Å². The molecule has 0 saturated carbocycles. The van der Waals surface area contributed by atoms with Gasteiger partial charge in [0.1, 0.15) is 12.2 Å². The largest absolute Gasteiger partial charge is 0.396 e. The molecule has 3 saturated heterocycles. The van der Waals surface area contributed by atoms with Crippen LogP contribution >= 0.6 is 0 Å². The molecule has 1 unspecified atom stereocenters. The lowest BCUT2D eigenvalue weighted by atomic mass is 9.79. The molecule has 6 nitrogen and oxygen atoms in total. The number of aliphatic hydroxyl groups is 1. The highest BCUT2D eigenvalue weighted by Crippen LogP contribution is 2.50. The van der Waals surface area contributed by atoms with E-state index in [1.807, 2.05) is 34.6 Å². The second-order valence-electron chi connectivity index (χ2n) is 7.01. The van der Waals surface area contributed by atoms with Gasteiger partial charge in [0.2, 0.25) is 0 Å². The highest BCUT2D eigenvalue weighted by atomic mass is 16.8. The van der Waals surface area contributed by atoms with Crippen molar-refractivity contribution < 1.29 is 28.8 Å². The molecule has 3 fully saturated rings. The molecule has 0 spiro atoms. The zero-order valence-electron chi connectivity index (χ0n) is 12.7. The Morgan fingerprint density at radius 2 is 1.65 bits per heavy atom. The first kappa shape index (κ1) is 14.7. The fraction of sp³-hybridized carbons (Fsp3) is 1.00. The Kier molecular flexibility index (Phi) is 3.22. The van der Waals surface area contributed by atoms with Gasteiger partial charge in [-0.3, -0.25) is 0 Å². The minimum Gasteiger partial charge on any atom is -0.396 e. The maximum absolute atomic E-state index is 9.89. The van der Waals surface area contributed by atoms with E-state index in [2.05, 4.69) is 0 Å². The number of fused-ring (bicyclic) bond motifs is 1. The second kappa shape index (κ2) is 4.38. The number of aliphatic hydroxyl groups excluding tert-OH is 1. The Bertz CT molecular complexity index is 395. The van der Waals surface area contributed by atoms with Gasteiger partial charge >= 0.3 is 0 Å². The van der Waals surface area contributed by atoms with E-state index in [4.69, 9.17) is 23.7 Å². The van der Waals surface area contributed by atoms with Crippen molar-refractivity contribution in [2.75, 3.05) is 13.2 Å². The third-order valence-electron chi connectivity index (χ3n) is 4.35. The maximum Gasteiger partial charge on any atom is 0.188 e. The van der Waals surface area contributed by atoms with E-state index < -0.39 is 23.3 Å². The van der Waals surface area contributed by atoms with Crippen molar-refractivity contribution in [1.29, 1.82) is 0 Å². The predicted molar refractivity (Wildman–Crippen MR) is 68.8 cm³/mol. The van der Waals surface area contributed by atoms with Crippen molar-refractivity contribution in [2.24, 2.45) is 5.41 Å². The Morgan fingerprint density at radius 3 is 2.20 bits per heavy atom. The minimum absolute atomic E-state index is 0.0570. The lowest BCUT2D eigenvalue weighted by molar-refractivity contribution is -0.238. The van der Waals surface area contributed by atoms with E-state index in [0.717, 1.165) is 0 Å². The van der Waals surface area contributed by atoms with Gasteiger partial charge in [0.05, 0.1) is 24.7 Å². The first-order valence-electron chi connectivity index (χ1n) is 7.11. The van der Waals surface area contributed by atoms with Gasteiger partial charge in [-0.25, -0.2) is 0 Å². The summed E-state index contributed by atoms with van der Waals surface area (Å²) in [7, 11) is 0. The van der Waals surface area contributed by atoms with Crippen LogP contribution in [0.2, 0.25) is 0 Å². The van der Waals surface area contributed by atoms with Crippen LogP contribution in [0.3, 0.4) is 0 Å². The molecule has 5 atom stereocenters. The lowest BCUT2D eigenvalue weighted by Crippen LogP contribution is -2.48. The van der Waals surface area contributed by atoms with Crippen LogP contribution in [0.4, 0.5) is 0 Å². The molecular weight excluding hydrogens is 264 g/mol. The first-order chi connectivity index (χ1) is 9.17.